The Kier molecular flexibility index (Phi) is 7.60. The molecule has 0 amide bonds. The number of aryl methyl sites for hydroxylation is 1. The second-order valence-electron chi connectivity index (χ2n) is 6.45. The van der Waals surface area contributed by atoms with E-state index in [0.29, 0.717) is 0 Å². The molecule has 0 aliphatic carbocycles. The maximum atomic E-state index is 6.05. The molecule has 2 aromatic rings. The molecule has 0 aliphatic rings. The fourth-order valence-corrected chi connectivity index (χ4v) is 2.80. The molecule has 1 aromatic carbocycles. The number of nitrogens with zero attached hydrogens (tertiary/aromatic N) is 2. The highest BCUT2D eigenvalue weighted by atomic mass is 16.5. The number of ether oxygens (including phenoxy) is 1. The molecule has 3 heteroatoms. The van der Waals surface area contributed by atoms with Crippen LogP contribution in [0.3, 0.4) is 0 Å². The summed E-state index contributed by atoms with van der Waals surface area (Å²) in [5.74, 6) is 0.944. The van der Waals surface area contributed by atoms with Crippen molar-refractivity contribution < 1.29 is 4.74 Å². The summed E-state index contributed by atoms with van der Waals surface area (Å²) < 4.78 is 8.08. The van der Waals surface area contributed by atoms with Crippen LogP contribution in [0, 0.1) is 6.92 Å². The number of hydrogen-bond acceptors (Lipinski definition) is 2. The minimum absolute atomic E-state index is 0.733. The molecule has 3 nitrogen and oxygen atoms in total. The second-order valence-corrected chi connectivity index (χ2v) is 6.45. The lowest BCUT2D eigenvalue weighted by molar-refractivity contribution is 0.303. The van der Waals surface area contributed by atoms with Crippen LogP contribution in [0.25, 0.3) is 5.57 Å². The molecular formula is C21H30N2O. The smallest absolute Gasteiger partial charge is 0.126 e. The minimum Gasteiger partial charge on any atom is -0.493 e. The Labute approximate surface area is 146 Å². The van der Waals surface area contributed by atoms with Gasteiger partial charge in [-0.05, 0) is 31.1 Å². The van der Waals surface area contributed by atoms with E-state index < -0.39 is 0 Å². The maximum absolute atomic E-state index is 6.05. The summed E-state index contributed by atoms with van der Waals surface area (Å²) in [5.41, 5.74) is 3.38. The first kappa shape index (κ1) is 18.3. The SMILES string of the molecule is C=C(Cn1ccnc1)c1cc(C)ccc1OCCCCCCCC. The molecule has 1 aromatic heterocycles. The molecule has 0 atom stereocenters. The van der Waals surface area contributed by atoms with Crippen LogP contribution in [-0.2, 0) is 6.54 Å². The molecule has 0 fully saturated rings. The van der Waals surface area contributed by atoms with Crippen LogP contribution in [-0.4, -0.2) is 16.2 Å². The van der Waals surface area contributed by atoms with Crippen molar-refractivity contribution >= 4 is 5.57 Å². The Morgan fingerprint density at radius 2 is 1.96 bits per heavy atom. The third kappa shape index (κ3) is 5.88. The Hall–Kier alpha value is -2.03. The molecule has 2 rings (SSSR count). The zero-order chi connectivity index (χ0) is 17.2. The van der Waals surface area contributed by atoms with Gasteiger partial charge in [0.1, 0.15) is 5.75 Å². The Morgan fingerprint density at radius 1 is 1.17 bits per heavy atom. The molecule has 1 heterocycles. The zero-order valence-electron chi connectivity index (χ0n) is 15.1. The fourth-order valence-electron chi connectivity index (χ4n) is 2.80. The van der Waals surface area contributed by atoms with Crippen molar-refractivity contribution in [2.45, 2.75) is 58.9 Å². The summed E-state index contributed by atoms with van der Waals surface area (Å²) in [6.07, 6.45) is 13.2. The number of unbranched alkanes of at least 4 members (excludes halogenated alkanes) is 5. The van der Waals surface area contributed by atoms with Gasteiger partial charge >= 0.3 is 0 Å². The van der Waals surface area contributed by atoms with Crippen molar-refractivity contribution in [1.82, 2.24) is 9.55 Å². The number of rotatable bonds is 11. The molecular weight excluding hydrogens is 296 g/mol. The number of aromatic nitrogens is 2. The van der Waals surface area contributed by atoms with E-state index in [4.69, 9.17) is 4.74 Å². The highest BCUT2D eigenvalue weighted by Gasteiger charge is 2.09. The summed E-state index contributed by atoms with van der Waals surface area (Å²) in [7, 11) is 0. The highest BCUT2D eigenvalue weighted by molar-refractivity contribution is 5.69. The first-order chi connectivity index (χ1) is 11.7. The van der Waals surface area contributed by atoms with Gasteiger partial charge in [-0.15, -0.1) is 0 Å². The van der Waals surface area contributed by atoms with Gasteiger partial charge in [-0.2, -0.15) is 0 Å². The lowest BCUT2D eigenvalue weighted by Crippen LogP contribution is -2.03. The van der Waals surface area contributed by atoms with Gasteiger partial charge in [-0.3, -0.25) is 0 Å². The molecule has 24 heavy (non-hydrogen) atoms. The number of imidazole rings is 1. The summed E-state index contributed by atoms with van der Waals surface area (Å²) in [6, 6.07) is 6.33. The Bertz CT molecular complexity index is 617. The van der Waals surface area contributed by atoms with Gasteiger partial charge in [-0.1, -0.05) is 57.2 Å². The van der Waals surface area contributed by atoms with Crippen LogP contribution in [0.5, 0.6) is 5.75 Å². The minimum atomic E-state index is 0.733. The van der Waals surface area contributed by atoms with E-state index in [1.165, 1.54) is 37.7 Å². The second kappa shape index (κ2) is 9.96. The summed E-state index contributed by atoms with van der Waals surface area (Å²) >= 11 is 0. The van der Waals surface area contributed by atoms with E-state index in [1.54, 1.807) is 6.20 Å². The van der Waals surface area contributed by atoms with Crippen LogP contribution in [0.1, 0.15) is 56.6 Å². The fraction of sp³-hybridized carbons (Fsp3) is 0.476. The average Bonchev–Trinajstić information content (AvgIpc) is 3.08. The number of allylic oxidation sites excluding steroid dienone is 1. The summed E-state index contributed by atoms with van der Waals surface area (Å²) in [5, 5.41) is 0. The normalized spacial score (nSPS) is 10.8. The Morgan fingerprint density at radius 3 is 2.71 bits per heavy atom. The first-order valence-corrected chi connectivity index (χ1v) is 9.08. The molecule has 0 aliphatic heterocycles. The number of benzene rings is 1. The maximum Gasteiger partial charge on any atom is 0.126 e. The molecule has 130 valence electrons. The average molecular weight is 326 g/mol. The summed E-state index contributed by atoms with van der Waals surface area (Å²) in [4.78, 5) is 4.09. The van der Waals surface area contributed by atoms with E-state index in [1.807, 2.05) is 17.1 Å². The van der Waals surface area contributed by atoms with Crippen molar-refractivity contribution in [3.05, 3.63) is 54.6 Å². The van der Waals surface area contributed by atoms with Gasteiger partial charge in [0, 0.05) is 24.5 Å². The predicted molar refractivity (Wildman–Crippen MR) is 101 cm³/mol. The standard InChI is InChI=1S/C21H30N2O/c1-4-5-6-7-8-9-14-24-21-11-10-18(2)15-20(21)19(3)16-23-13-12-22-17-23/h10-13,15,17H,3-9,14,16H2,1-2H3. The summed E-state index contributed by atoms with van der Waals surface area (Å²) in [6.45, 7) is 10.1. The predicted octanol–water partition coefficient (Wildman–Crippen LogP) is 5.64. The van der Waals surface area contributed by atoms with Crippen molar-refractivity contribution in [2.24, 2.45) is 0 Å². The van der Waals surface area contributed by atoms with E-state index in [9.17, 15) is 0 Å². The van der Waals surface area contributed by atoms with Crippen molar-refractivity contribution in [3.8, 4) is 5.75 Å². The van der Waals surface area contributed by atoms with E-state index in [0.717, 1.165) is 36.5 Å². The molecule has 0 unspecified atom stereocenters. The zero-order valence-corrected chi connectivity index (χ0v) is 15.1. The van der Waals surface area contributed by atoms with Crippen LogP contribution >= 0.6 is 0 Å². The van der Waals surface area contributed by atoms with Crippen LogP contribution in [0.15, 0.2) is 43.5 Å². The molecule has 0 saturated carbocycles. The van der Waals surface area contributed by atoms with Gasteiger partial charge in [0.15, 0.2) is 0 Å². The third-order valence-electron chi connectivity index (χ3n) is 4.20. The van der Waals surface area contributed by atoms with E-state index in [2.05, 4.69) is 43.6 Å². The van der Waals surface area contributed by atoms with Crippen LogP contribution in [0.4, 0.5) is 0 Å². The van der Waals surface area contributed by atoms with Crippen molar-refractivity contribution in [3.63, 3.8) is 0 Å². The molecule has 0 bridgehead atoms. The van der Waals surface area contributed by atoms with Gasteiger partial charge in [-0.25, -0.2) is 4.98 Å². The molecule has 0 N–H and O–H groups in total. The third-order valence-corrected chi connectivity index (χ3v) is 4.20. The molecule has 0 radical (unpaired) electrons. The molecule has 0 saturated heterocycles. The molecule has 0 spiro atoms. The van der Waals surface area contributed by atoms with Crippen molar-refractivity contribution in [1.29, 1.82) is 0 Å². The van der Waals surface area contributed by atoms with Gasteiger partial charge < -0.3 is 9.30 Å². The van der Waals surface area contributed by atoms with E-state index in [-0.39, 0.29) is 0 Å². The number of hydrogen-bond donors (Lipinski definition) is 0. The van der Waals surface area contributed by atoms with Crippen molar-refractivity contribution in [2.75, 3.05) is 6.61 Å². The van der Waals surface area contributed by atoms with Gasteiger partial charge in [0.05, 0.1) is 12.9 Å². The monoisotopic (exact) mass is 326 g/mol. The topological polar surface area (TPSA) is 27.1 Å². The highest BCUT2D eigenvalue weighted by Crippen LogP contribution is 2.27. The first-order valence-electron chi connectivity index (χ1n) is 9.08. The van der Waals surface area contributed by atoms with Gasteiger partial charge in [0.2, 0.25) is 0 Å². The quantitative estimate of drug-likeness (QED) is 0.499. The lowest BCUT2D eigenvalue weighted by Gasteiger charge is -2.15. The van der Waals surface area contributed by atoms with E-state index >= 15 is 0 Å². The largest absolute Gasteiger partial charge is 0.493 e. The Balaban J connectivity index is 1.88. The van der Waals surface area contributed by atoms with Crippen LogP contribution < -0.4 is 4.74 Å². The van der Waals surface area contributed by atoms with Gasteiger partial charge in [0.25, 0.3) is 0 Å². The van der Waals surface area contributed by atoms with Crippen LogP contribution in [0.2, 0.25) is 0 Å². The lowest BCUT2D eigenvalue weighted by atomic mass is 10.0.